The highest BCUT2D eigenvalue weighted by Gasteiger charge is 2.13. The number of esters is 1. The molecule has 2 heterocycles. The highest BCUT2D eigenvalue weighted by atomic mass is 32.2. The second kappa shape index (κ2) is 7.16. The lowest BCUT2D eigenvalue weighted by Gasteiger charge is -2.07. The number of hydrogen-bond donors (Lipinski definition) is 1. The maximum Gasteiger partial charge on any atom is 0.322 e. The maximum absolute atomic E-state index is 11.1. The van der Waals surface area contributed by atoms with E-state index in [1.165, 1.54) is 7.11 Å². The molecule has 0 aliphatic carbocycles. The third-order valence-corrected chi connectivity index (χ3v) is 3.67. The number of nitrogens with zero attached hydrogens (tertiary/aromatic N) is 1. The molecule has 0 saturated heterocycles. The van der Waals surface area contributed by atoms with Gasteiger partial charge in [-0.25, -0.2) is 0 Å². The molecule has 2 aromatic heterocycles. The molecule has 108 valence electrons. The monoisotopic (exact) mass is 296 g/mol. The van der Waals surface area contributed by atoms with Crippen LogP contribution in [0.5, 0.6) is 0 Å². The van der Waals surface area contributed by atoms with Crippen LogP contribution >= 0.6 is 11.8 Å². The molecular weight excluding hydrogens is 280 g/mol. The van der Waals surface area contributed by atoms with Gasteiger partial charge in [0.15, 0.2) is 5.76 Å². The van der Waals surface area contributed by atoms with Crippen molar-refractivity contribution < 1.29 is 18.5 Å². The fourth-order valence-corrected chi connectivity index (χ4v) is 2.48. The van der Waals surface area contributed by atoms with E-state index in [9.17, 15) is 4.79 Å². The minimum Gasteiger partial charge on any atom is -0.468 e. The molecule has 2 N–H and O–H groups in total. The number of hydrogen-bond acceptors (Lipinski definition) is 7. The van der Waals surface area contributed by atoms with Crippen molar-refractivity contribution in [3.8, 4) is 11.5 Å². The quantitative estimate of drug-likeness (QED) is 0.617. The summed E-state index contributed by atoms with van der Waals surface area (Å²) in [4.78, 5) is 11.1. The largest absolute Gasteiger partial charge is 0.468 e. The predicted octanol–water partition coefficient (Wildman–Crippen LogP) is 2.06. The molecule has 20 heavy (non-hydrogen) atoms. The third-order valence-electron chi connectivity index (χ3n) is 2.65. The lowest BCUT2D eigenvalue weighted by Crippen LogP contribution is -2.31. The summed E-state index contributed by atoms with van der Waals surface area (Å²) in [6, 6.07) is 4.88. The van der Waals surface area contributed by atoms with Crippen LogP contribution in [0.25, 0.3) is 11.5 Å². The molecule has 0 aliphatic rings. The van der Waals surface area contributed by atoms with E-state index < -0.39 is 6.04 Å². The zero-order valence-corrected chi connectivity index (χ0v) is 11.9. The van der Waals surface area contributed by atoms with Gasteiger partial charge in [-0.2, -0.15) is 11.8 Å². The highest BCUT2D eigenvalue weighted by molar-refractivity contribution is 7.98. The van der Waals surface area contributed by atoms with Gasteiger partial charge in [-0.15, -0.1) is 0 Å². The van der Waals surface area contributed by atoms with Gasteiger partial charge in [0.25, 0.3) is 0 Å². The van der Waals surface area contributed by atoms with Crippen LogP contribution < -0.4 is 5.73 Å². The Morgan fingerprint density at radius 3 is 3.10 bits per heavy atom. The Hall–Kier alpha value is -1.73. The number of ether oxygens (including phenoxy) is 1. The van der Waals surface area contributed by atoms with Crippen LogP contribution in [0.3, 0.4) is 0 Å². The predicted molar refractivity (Wildman–Crippen MR) is 75.0 cm³/mol. The van der Waals surface area contributed by atoms with Crippen LogP contribution in [0.2, 0.25) is 0 Å². The average Bonchev–Trinajstić information content (AvgIpc) is 3.12. The van der Waals surface area contributed by atoms with Gasteiger partial charge in [0.2, 0.25) is 5.76 Å². The van der Waals surface area contributed by atoms with E-state index in [1.807, 2.05) is 12.1 Å². The molecular formula is C13H16N2O4S. The Morgan fingerprint density at radius 2 is 2.40 bits per heavy atom. The van der Waals surface area contributed by atoms with Gasteiger partial charge in [0.1, 0.15) is 6.04 Å². The van der Waals surface area contributed by atoms with Crippen molar-refractivity contribution in [1.82, 2.24) is 5.16 Å². The summed E-state index contributed by atoms with van der Waals surface area (Å²) < 4.78 is 15.0. The average molecular weight is 296 g/mol. The van der Waals surface area contributed by atoms with Crippen LogP contribution in [0, 0.1) is 0 Å². The van der Waals surface area contributed by atoms with Gasteiger partial charge < -0.3 is 19.4 Å². The van der Waals surface area contributed by atoms with Crippen LogP contribution in [0.15, 0.2) is 33.4 Å². The van der Waals surface area contributed by atoms with E-state index in [1.54, 1.807) is 24.1 Å². The van der Waals surface area contributed by atoms with E-state index in [4.69, 9.17) is 14.7 Å². The van der Waals surface area contributed by atoms with Crippen LogP contribution in [-0.4, -0.2) is 30.0 Å². The van der Waals surface area contributed by atoms with Crippen LogP contribution in [0.1, 0.15) is 12.1 Å². The summed E-state index contributed by atoms with van der Waals surface area (Å²) in [6.07, 6.45) is 2.15. The molecule has 2 rings (SSSR count). The molecule has 0 spiro atoms. The first kappa shape index (κ1) is 14.7. The second-order valence-electron chi connectivity index (χ2n) is 4.13. The van der Waals surface area contributed by atoms with Crippen molar-refractivity contribution >= 4 is 17.7 Å². The number of carbonyl (C=O) groups excluding carboxylic acids is 1. The molecule has 0 bridgehead atoms. The van der Waals surface area contributed by atoms with E-state index >= 15 is 0 Å². The molecule has 2 aromatic rings. The van der Waals surface area contributed by atoms with Gasteiger partial charge in [0, 0.05) is 11.8 Å². The fraction of sp³-hybridized carbons (Fsp3) is 0.385. The Morgan fingerprint density at radius 1 is 1.55 bits per heavy atom. The first-order chi connectivity index (χ1) is 9.70. The molecule has 1 unspecified atom stereocenters. The normalized spacial score (nSPS) is 12.3. The van der Waals surface area contributed by atoms with E-state index in [0.717, 1.165) is 11.4 Å². The van der Waals surface area contributed by atoms with Crippen molar-refractivity contribution in [3.05, 3.63) is 30.2 Å². The van der Waals surface area contributed by atoms with Crippen molar-refractivity contribution in [3.63, 3.8) is 0 Å². The number of rotatable bonds is 7. The molecule has 1 atom stereocenters. The van der Waals surface area contributed by atoms with E-state index in [-0.39, 0.29) is 5.97 Å². The topological polar surface area (TPSA) is 91.5 Å². The number of nitrogens with two attached hydrogens (primary N) is 1. The molecule has 0 saturated carbocycles. The first-order valence-corrected chi connectivity index (χ1v) is 7.27. The van der Waals surface area contributed by atoms with Crippen LogP contribution in [0.4, 0.5) is 0 Å². The smallest absolute Gasteiger partial charge is 0.322 e. The van der Waals surface area contributed by atoms with Crippen LogP contribution in [-0.2, 0) is 15.3 Å². The third kappa shape index (κ3) is 3.88. The second-order valence-corrected chi connectivity index (χ2v) is 5.24. The molecule has 6 nitrogen and oxygen atoms in total. The van der Waals surface area contributed by atoms with Gasteiger partial charge in [-0.05, 0) is 24.3 Å². The van der Waals surface area contributed by atoms with Crippen molar-refractivity contribution in [2.24, 2.45) is 5.73 Å². The van der Waals surface area contributed by atoms with Gasteiger partial charge in [-0.3, -0.25) is 4.79 Å². The summed E-state index contributed by atoms with van der Waals surface area (Å²) >= 11 is 1.63. The molecule has 0 amide bonds. The number of furan rings is 1. The Labute approximate surface area is 120 Å². The number of thioether (sulfide) groups is 1. The number of methoxy groups -OCH3 is 1. The molecule has 0 radical (unpaired) electrons. The molecule has 0 fully saturated rings. The van der Waals surface area contributed by atoms with Crippen molar-refractivity contribution in [2.75, 3.05) is 12.9 Å². The summed E-state index contributed by atoms with van der Waals surface area (Å²) in [5.41, 5.74) is 6.47. The number of aromatic nitrogens is 1. The maximum atomic E-state index is 11.1. The zero-order valence-electron chi connectivity index (χ0n) is 11.1. The van der Waals surface area contributed by atoms with Gasteiger partial charge in [0.05, 0.1) is 19.1 Å². The highest BCUT2D eigenvalue weighted by Crippen LogP contribution is 2.22. The summed E-state index contributed by atoms with van der Waals surface area (Å²) in [7, 11) is 1.33. The standard InChI is InChI=1S/C13H16N2O4S/c1-17-13(16)10(14)4-6-20-8-9-7-12(19-15-9)11-3-2-5-18-11/h2-3,5,7,10H,4,6,8,14H2,1H3. The fourth-order valence-electron chi connectivity index (χ4n) is 1.57. The zero-order chi connectivity index (χ0) is 14.4. The van der Waals surface area contributed by atoms with Gasteiger partial charge in [-0.1, -0.05) is 5.16 Å². The lowest BCUT2D eigenvalue weighted by molar-refractivity contribution is -0.142. The van der Waals surface area contributed by atoms with E-state index in [0.29, 0.717) is 23.7 Å². The lowest BCUT2D eigenvalue weighted by atomic mass is 10.2. The van der Waals surface area contributed by atoms with Crippen molar-refractivity contribution in [2.45, 2.75) is 18.2 Å². The molecule has 0 aromatic carbocycles. The van der Waals surface area contributed by atoms with Gasteiger partial charge >= 0.3 is 5.97 Å². The summed E-state index contributed by atoms with van der Waals surface area (Å²) in [5.74, 6) is 2.32. The summed E-state index contributed by atoms with van der Waals surface area (Å²) in [6.45, 7) is 0. The first-order valence-electron chi connectivity index (χ1n) is 6.11. The Kier molecular flexibility index (Phi) is 5.25. The summed E-state index contributed by atoms with van der Waals surface area (Å²) in [5, 5.41) is 3.96. The van der Waals surface area contributed by atoms with Crippen molar-refractivity contribution in [1.29, 1.82) is 0 Å². The molecule has 7 heteroatoms. The SMILES string of the molecule is COC(=O)C(N)CCSCc1cc(-c2ccco2)on1. The minimum absolute atomic E-state index is 0.382. The Bertz CT molecular complexity index is 538. The molecule has 0 aliphatic heterocycles. The Balaban J connectivity index is 1.74. The number of carbonyl (C=O) groups is 1. The van der Waals surface area contributed by atoms with E-state index in [2.05, 4.69) is 9.89 Å². The minimum atomic E-state index is -0.566.